The molecule has 0 spiro atoms. The zero-order valence-corrected chi connectivity index (χ0v) is 12.6. The van der Waals surface area contributed by atoms with Gasteiger partial charge in [-0.25, -0.2) is 0 Å². The molecule has 2 rings (SSSR count). The van der Waals surface area contributed by atoms with Gasteiger partial charge in [-0.1, -0.05) is 29.8 Å². The van der Waals surface area contributed by atoms with Gasteiger partial charge >= 0.3 is 0 Å². The summed E-state index contributed by atoms with van der Waals surface area (Å²) in [6.07, 6.45) is 1.15. The minimum Gasteiger partial charge on any atom is -0.503 e. The van der Waals surface area contributed by atoms with Crippen LogP contribution in [-0.2, 0) is 10.0 Å². The highest BCUT2D eigenvalue weighted by atomic mass is 35.5. The number of rotatable bonds is 4. The number of aromatic hydroxyl groups is 1. The van der Waals surface area contributed by atoms with Gasteiger partial charge in [-0.15, -0.1) is 0 Å². The average Bonchev–Trinajstić information content (AvgIpc) is 2.49. The van der Waals surface area contributed by atoms with Crippen LogP contribution < -0.4 is 4.74 Å². The molecule has 0 saturated heterocycles. The van der Waals surface area contributed by atoms with Crippen molar-refractivity contribution in [1.82, 2.24) is 0 Å². The lowest BCUT2D eigenvalue weighted by Crippen LogP contribution is -1.97. The lowest BCUT2D eigenvalue weighted by atomic mass is 10.2. The zero-order valence-electron chi connectivity index (χ0n) is 11.0. The quantitative estimate of drug-likeness (QED) is 0.877. The summed E-state index contributed by atoms with van der Waals surface area (Å²) in [5.41, 5.74) is 0.397. The van der Waals surface area contributed by atoms with Crippen LogP contribution in [-0.4, -0.2) is 26.8 Å². The van der Waals surface area contributed by atoms with E-state index in [-0.39, 0.29) is 21.4 Å². The molecule has 0 aromatic heterocycles. The van der Waals surface area contributed by atoms with Crippen molar-refractivity contribution >= 4 is 27.8 Å². The van der Waals surface area contributed by atoms with E-state index in [1.54, 1.807) is 18.2 Å². The second kappa shape index (κ2) is 6.15. The van der Waals surface area contributed by atoms with Gasteiger partial charge < -0.3 is 9.84 Å². The topological polar surface area (TPSA) is 76.0 Å². The van der Waals surface area contributed by atoms with Gasteiger partial charge in [0.25, 0.3) is 10.0 Å². The lowest BCUT2D eigenvalue weighted by Gasteiger charge is -2.06. The van der Waals surface area contributed by atoms with Crippen LogP contribution in [0.2, 0.25) is 5.02 Å². The molecular weight excluding hydrogens is 314 g/mol. The SMILES string of the molecule is COc1cc(/C=N\S(=O)(=O)c2ccccc2)cc(Cl)c1O. The third-order valence-electron chi connectivity index (χ3n) is 2.65. The lowest BCUT2D eigenvalue weighted by molar-refractivity contribution is 0.373. The fourth-order valence-corrected chi connectivity index (χ4v) is 2.71. The summed E-state index contributed by atoms with van der Waals surface area (Å²) in [7, 11) is -2.41. The van der Waals surface area contributed by atoms with Crippen LogP contribution >= 0.6 is 11.6 Å². The van der Waals surface area contributed by atoms with Crippen molar-refractivity contribution in [3.05, 3.63) is 53.1 Å². The molecule has 2 aromatic rings. The van der Waals surface area contributed by atoms with Gasteiger partial charge in [0, 0.05) is 6.21 Å². The first-order valence-electron chi connectivity index (χ1n) is 5.86. The van der Waals surface area contributed by atoms with Crippen molar-refractivity contribution in [2.45, 2.75) is 4.90 Å². The number of hydrogen-bond donors (Lipinski definition) is 1. The predicted molar refractivity (Wildman–Crippen MR) is 80.9 cm³/mol. The molecule has 0 atom stereocenters. The van der Waals surface area contributed by atoms with E-state index in [2.05, 4.69) is 4.40 Å². The summed E-state index contributed by atoms with van der Waals surface area (Å²) < 4.78 is 32.5. The number of sulfonamides is 1. The molecular formula is C14H12ClNO4S. The van der Waals surface area contributed by atoms with Crippen molar-refractivity contribution in [1.29, 1.82) is 0 Å². The minimum atomic E-state index is -3.78. The summed E-state index contributed by atoms with van der Waals surface area (Å²) in [5.74, 6) is -0.0664. The monoisotopic (exact) mass is 325 g/mol. The van der Waals surface area contributed by atoms with Crippen LogP contribution in [0.25, 0.3) is 0 Å². The van der Waals surface area contributed by atoms with E-state index < -0.39 is 10.0 Å². The Morgan fingerprint density at radius 3 is 2.52 bits per heavy atom. The maximum Gasteiger partial charge on any atom is 0.282 e. The van der Waals surface area contributed by atoms with Gasteiger partial charge in [-0.2, -0.15) is 12.8 Å². The fourth-order valence-electron chi connectivity index (χ4n) is 1.61. The van der Waals surface area contributed by atoms with E-state index in [4.69, 9.17) is 16.3 Å². The molecule has 0 radical (unpaired) electrons. The average molecular weight is 326 g/mol. The highest BCUT2D eigenvalue weighted by Gasteiger charge is 2.12. The van der Waals surface area contributed by atoms with Crippen molar-refractivity contribution in [3.63, 3.8) is 0 Å². The third-order valence-corrected chi connectivity index (χ3v) is 4.19. The summed E-state index contributed by atoms with van der Waals surface area (Å²) in [4.78, 5) is 0.0955. The molecule has 0 aliphatic rings. The van der Waals surface area contributed by atoms with E-state index >= 15 is 0 Å². The van der Waals surface area contributed by atoms with Crippen LogP contribution in [0.15, 0.2) is 51.8 Å². The van der Waals surface area contributed by atoms with Crippen molar-refractivity contribution in [2.24, 2.45) is 4.40 Å². The molecule has 110 valence electrons. The molecule has 21 heavy (non-hydrogen) atoms. The maximum absolute atomic E-state index is 12.0. The second-order valence-corrected chi connectivity index (χ2v) is 6.12. The first-order valence-corrected chi connectivity index (χ1v) is 7.68. The Balaban J connectivity index is 2.36. The Morgan fingerprint density at radius 2 is 1.90 bits per heavy atom. The second-order valence-electron chi connectivity index (χ2n) is 4.08. The Labute approximate surface area is 127 Å². The van der Waals surface area contributed by atoms with Gasteiger partial charge in [-0.3, -0.25) is 0 Å². The van der Waals surface area contributed by atoms with Gasteiger partial charge in [0.15, 0.2) is 11.5 Å². The first-order chi connectivity index (χ1) is 9.94. The van der Waals surface area contributed by atoms with Crippen molar-refractivity contribution < 1.29 is 18.3 Å². The molecule has 1 N–H and O–H groups in total. The molecule has 2 aromatic carbocycles. The highest BCUT2D eigenvalue weighted by molar-refractivity contribution is 7.90. The normalized spacial score (nSPS) is 11.7. The summed E-state index contributed by atoms with van der Waals surface area (Å²) in [5, 5.41) is 9.66. The molecule has 0 unspecified atom stereocenters. The molecule has 5 nitrogen and oxygen atoms in total. The highest BCUT2D eigenvalue weighted by Crippen LogP contribution is 2.34. The number of hydrogen-bond acceptors (Lipinski definition) is 4. The molecule has 7 heteroatoms. The third kappa shape index (κ3) is 3.53. The van der Waals surface area contributed by atoms with Crippen LogP contribution in [0.3, 0.4) is 0 Å². The Hall–Kier alpha value is -2.05. The fraction of sp³-hybridized carbons (Fsp3) is 0.0714. The van der Waals surface area contributed by atoms with E-state index in [9.17, 15) is 13.5 Å². The largest absolute Gasteiger partial charge is 0.503 e. The minimum absolute atomic E-state index is 0.0490. The summed E-state index contributed by atoms with van der Waals surface area (Å²) >= 11 is 5.82. The van der Waals surface area contributed by atoms with Gasteiger partial charge in [0.1, 0.15) is 0 Å². The molecule has 0 amide bonds. The van der Waals surface area contributed by atoms with Crippen LogP contribution in [0.1, 0.15) is 5.56 Å². The number of ether oxygens (including phenoxy) is 1. The van der Waals surface area contributed by atoms with Crippen LogP contribution in [0.5, 0.6) is 11.5 Å². The predicted octanol–water partition coefficient (Wildman–Crippen LogP) is 2.86. The van der Waals surface area contributed by atoms with Gasteiger partial charge in [-0.05, 0) is 29.8 Å². The first kappa shape index (κ1) is 15.3. The molecule has 0 saturated carbocycles. The van der Waals surface area contributed by atoms with Crippen LogP contribution in [0, 0.1) is 0 Å². The molecule has 0 fully saturated rings. The standard InChI is InChI=1S/C14H12ClNO4S/c1-20-13-8-10(7-12(15)14(13)17)9-16-21(18,19)11-5-3-2-4-6-11/h2-9,17H,1H3/b16-9-. The summed E-state index contributed by atoms with van der Waals surface area (Å²) in [6, 6.07) is 10.7. The number of phenolic OH excluding ortho intramolecular Hbond substituents is 1. The maximum atomic E-state index is 12.0. The number of benzene rings is 2. The Morgan fingerprint density at radius 1 is 1.24 bits per heavy atom. The number of methoxy groups -OCH3 is 1. The van der Waals surface area contributed by atoms with Gasteiger partial charge in [0.05, 0.1) is 17.0 Å². The van der Waals surface area contributed by atoms with Crippen LogP contribution in [0.4, 0.5) is 0 Å². The smallest absolute Gasteiger partial charge is 0.282 e. The summed E-state index contributed by atoms with van der Waals surface area (Å²) in [6.45, 7) is 0. The van der Waals surface area contributed by atoms with E-state index in [0.29, 0.717) is 5.56 Å². The van der Waals surface area contributed by atoms with Crippen molar-refractivity contribution in [2.75, 3.05) is 7.11 Å². The Kier molecular flexibility index (Phi) is 4.50. The van der Waals surface area contributed by atoms with Crippen molar-refractivity contribution in [3.8, 4) is 11.5 Å². The zero-order chi connectivity index (χ0) is 15.5. The van der Waals surface area contributed by atoms with E-state index in [1.165, 1.54) is 31.4 Å². The molecule has 0 aliphatic heterocycles. The number of nitrogens with zero attached hydrogens (tertiary/aromatic N) is 1. The molecule has 0 heterocycles. The Bertz CT molecular complexity index is 773. The number of phenols is 1. The molecule has 0 bridgehead atoms. The number of halogens is 1. The van der Waals surface area contributed by atoms with Gasteiger partial charge in [0.2, 0.25) is 0 Å². The van der Waals surface area contributed by atoms with E-state index in [0.717, 1.165) is 6.21 Å². The molecule has 0 aliphatic carbocycles. The van der Waals surface area contributed by atoms with E-state index in [1.807, 2.05) is 0 Å².